The Morgan fingerprint density at radius 2 is 1.93 bits per heavy atom. The summed E-state index contributed by atoms with van der Waals surface area (Å²) in [4.78, 5) is 27.2. The summed E-state index contributed by atoms with van der Waals surface area (Å²) in [5, 5.41) is 6.41. The van der Waals surface area contributed by atoms with Crippen molar-refractivity contribution in [3.63, 3.8) is 0 Å². The van der Waals surface area contributed by atoms with Crippen LogP contribution in [-0.4, -0.2) is 36.3 Å². The van der Waals surface area contributed by atoms with Crippen molar-refractivity contribution in [2.75, 3.05) is 30.3 Å². The second-order valence-electron chi connectivity index (χ2n) is 7.89. The summed E-state index contributed by atoms with van der Waals surface area (Å²) in [7, 11) is 0. The van der Waals surface area contributed by atoms with Crippen molar-refractivity contribution in [3.05, 3.63) is 58.1 Å². The standard InChI is InChI=1S/C23H22ClN3O3/c24-15-4-7-19-18(11-15)21(23(29)26-19)22-17-6-5-16(10-14(17)13-30-22)25-20(28)12-27-8-2-1-3-9-27/h4-7,10-11H,1-3,8-9,12-13H2,(H,25,28)(H,26,29). The highest BCUT2D eigenvalue weighted by Gasteiger charge is 2.32. The van der Waals surface area contributed by atoms with Crippen LogP contribution in [0.25, 0.3) is 11.3 Å². The minimum atomic E-state index is -0.200. The van der Waals surface area contributed by atoms with Crippen molar-refractivity contribution >= 4 is 46.1 Å². The number of carbonyl (C=O) groups is 2. The van der Waals surface area contributed by atoms with E-state index in [0.717, 1.165) is 54.0 Å². The van der Waals surface area contributed by atoms with E-state index >= 15 is 0 Å². The van der Waals surface area contributed by atoms with Crippen molar-refractivity contribution in [2.24, 2.45) is 0 Å². The van der Waals surface area contributed by atoms with Crippen molar-refractivity contribution in [3.8, 4) is 0 Å². The third-order valence-corrected chi connectivity index (χ3v) is 6.01. The summed E-state index contributed by atoms with van der Waals surface area (Å²) in [5.41, 5.74) is 4.51. The Morgan fingerprint density at radius 3 is 2.77 bits per heavy atom. The van der Waals surface area contributed by atoms with Gasteiger partial charge in [-0.05, 0) is 62.3 Å². The van der Waals surface area contributed by atoms with E-state index in [-0.39, 0.29) is 11.8 Å². The Balaban J connectivity index is 1.38. The number of likely N-dealkylation sites (tertiary alicyclic amines) is 1. The lowest BCUT2D eigenvalue weighted by Crippen LogP contribution is -2.36. The average molecular weight is 424 g/mol. The van der Waals surface area contributed by atoms with Crippen molar-refractivity contribution in [2.45, 2.75) is 25.9 Å². The third kappa shape index (κ3) is 3.57. The largest absolute Gasteiger partial charge is 0.487 e. The lowest BCUT2D eigenvalue weighted by atomic mass is 10.00. The summed E-state index contributed by atoms with van der Waals surface area (Å²) in [6, 6.07) is 11.0. The maximum Gasteiger partial charge on any atom is 0.260 e. The molecule has 1 saturated heterocycles. The van der Waals surface area contributed by atoms with E-state index in [0.29, 0.717) is 29.5 Å². The van der Waals surface area contributed by atoms with Gasteiger partial charge < -0.3 is 15.4 Å². The smallest absolute Gasteiger partial charge is 0.260 e. The Kier molecular flexibility index (Phi) is 4.97. The highest BCUT2D eigenvalue weighted by molar-refractivity contribution is 6.38. The quantitative estimate of drug-likeness (QED) is 0.729. The van der Waals surface area contributed by atoms with E-state index in [2.05, 4.69) is 15.5 Å². The van der Waals surface area contributed by atoms with Gasteiger partial charge in [0.1, 0.15) is 12.4 Å². The van der Waals surface area contributed by atoms with Gasteiger partial charge >= 0.3 is 0 Å². The molecule has 2 aromatic carbocycles. The molecule has 0 spiro atoms. The van der Waals surface area contributed by atoms with Crippen LogP contribution >= 0.6 is 11.6 Å². The molecule has 0 bridgehead atoms. The monoisotopic (exact) mass is 423 g/mol. The number of nitrogens with zero attached hydrogens (tertiary/aromatic N) is 1. The topological polar surface area (TPSA) is 70.7 Å². The van der Waals surface area contributed by atoms with Gasteiger partial charge in [-0.15, -0.1) is 0 Å². The summed E-state index contributed by atoms with van der Waals surface area (Å²) in [6.07, 6.45) is 3.56. The minimum absolute atomic E-state index is 0.00640. The summed E-state index contributed by atoms with van der Waals surface area (Å²) in [5.74, 6) is 0.344. The number of rotatable bonds is 3. The maximum atomic E-state index is 12.6. The van der Waals surface area contributed by atoms with E-state index in [4.69, 9.17) is 16.3 Å². The molecule has 154 valence electrons. The fourth-order valence-electron chi connectivity index (χ4n) is 4.33. The zero-order valence-electron chi connectivity index (χ0n) is 16.5. The molecule has 2 aromatic rings. The predicted octanol–water partition coefficient (Wildman–Crippen LogP) is 4.12. The number of fused-ring (bicyclic) bond motifs is 2. The number of benzene rings is 2. The molecule has 0 aliphatic carbocycles. The van der Waals surface area contributed by atoms with Gasteiger partial charge in [-0.3, -0.25) is 14.5 Å². The Labute approximate surface area is 179 Å². The molecule has 0 unspecified atom stereocenters. The zero-order chi connectivity index (χ0) is 20.7. The highest BCUT2D eigenvalue weighted by Crippen LogP contribution is 2.42. The van der Waals surface area contributed by atoms with Crippen LogP contribution in [0, 0.1) is 0 Å². The van der Waals surface area contributed by atoms with Crippen LogP contribution in [0.3, 0.4) is 0 Å². The fraction of sp³-hybridized carbons (Fsp3) is 0.304. The van der Waals surface area contributed by atoms with Crippen LogP contribution < -0.4 is 10.6 Å². The Bertz CT molecular complexity index is 1070. The number of carbonyl (C=O) groups excluding carboxylic acids is 2. The first-order chi connectivity index (χ1) is 14.6. The van der Waals surface area contributed by atoms with Gasteiger partial charge in [0.2, 0.25) is 5.91 Å². The summed E-state index contributed by atoms with van der Waals surface area (Å²) in [6.45, 7) is 2.74. The summed E-state index contributed by atoms with van der Waals surface area (Å²) >= 11 is 6.14. The van der Waals surface area contributed by atoms with Crippen LogP contribution in [0.2, 0.25) is 5.02 Å². The Morgan fingerprint density at radius 1 is 1.10 bits per heavy atom. The van der Waals surface area contributed by atoms with E-state index in [9.17, 15) is 9.59 Å². The first kappa shape index (κ1) is 19.2. The number of hydrogen-bond acceptors (Lipinski definition) is 4. The molecule has 30 heavy (non-hydrogen) atoms. The number of nitrogens with one attached hydrogen (secondary N) is 2. The number of ether oxygens (including phenoxy) is 1. The van der Waals surface area contributed by atoms with E-state index < -0.39 is 0 Å². The van der Waals surface area contributed by atoms with Crippen molar-refractivity contribution in [1.29, 1.82) is 0 Å². The van der Waals surface area contributed by atoms with Gasteiger partial charge in [0, 0.05) is 33.1 Å². The van der Waals surface area contributed by atoms with Crippen LogP contribution in [0.4, 0.5) is 11.4 Å². The Hall–Kier alpha value is -2.83. The minimum Gasteiger partial charge on any atom is -0.487 e. The van der Waals surface area contributed by atoms with E-state index in [1.807, 2.05) is 18.2 Å². The first-order valence-electron chi connectivity index (χ1n) is 10.2. The van der Waals surface area contributed by atoms with Crippen molar-refractivity contribution < 1.29 is 14.3 Å². The van der Waals surface area contributed by atoms with Gasteiger partial charge in [0.15, 0.2) is 0 Å². The van der Waals surface area contributed by atoms with Gasteiger partial charge in [0.05, 0.1) is 12.1 Å². The van der Waals surface area contributed by atoms with Crippen LogP contribution in [0.5, 0.6) is 0 Å². The lowest BCUT2D eigenvalue weighted by molar-refractivity contribution is -0.117. The number of amides is 2. The van der Waals surface area contributed by atoms with Crippen LogP contribution in [0.15, 0.2) is 36.4 Å². The maximum absolute atomic E-state index is 12.6. The van der Waals surface area contributed by atoms with Gasteiger partial charge in [-0.25, -0.2) is 0 Å². The van der Waals surface area contributed by atoms with Crippen molar-refractivity contribution in [1.82, 2.24) is 4.90 Å². The molecule has 2 N–H and O–H groups in total. The molecule has 3 aliphatic heterocycles. The molecular formula is C23H22ClN3O3. The fourth-order valence-corrected chi connectivity index (χ4v) is 4.51. The van der Waals surface area contributed by atoms with E-state index in [1.54, 1.807) is 18.2 Å². The number of hydrogen-bond donors (Lipinski definition) is 2. The molecule has 0 aromatic heterocycles. The molecule has 3 aliphatic rings. The molecule has 5 rings (SSSR count). The molecule has 0 saturated carbocycles. The number of piperidine rings is 1. The molecule has 3 heterocycles. The molecule has 7 heteroatoms. The molecule has 2 amide bonds. The second kappa shape index (κ2) is 7.78. The normalized spacial score (nSPS) is 20.4. The third-order valence-electron chi connectivity index (χ3n) is 5.77. The van der Waals surface area contributed by atoms with Gasteiger partial charge in [-0.1, -0.05) is 18.0 Å². The molecule has 0 atom stereocenters. The van der Waals surface area contributed by atoms with Gasteiger partial charge in [-0.2, -0.15) is 0 Å². The zero-order valence-corrected chi connectivity index (χ0v) is 17.2. The first-order valence-corrected chi connectivity index (χ1v) is 10.6. The SMILES string of the molecule is O=C(CN1CCCCC1)Nc1ccc2c(c1)COC2=C1C(=O)Nc2ccc(Cl)cc21. The molecule has 6 nitrogen and oxygen atoms in total. The van der Waals surface area contributed by atoms with Crippen LogP contribution in [0.1, 0.15) is 36.0 Å². The average Bonchev–Trinajstić information content (AvgIpc) is 3.27. The number of halogens is 1. The molecular weight excluding hydrogens is 402 g/mol. The molecule has 1 fully saturated rings. The summed E-state index contributed by atoms with van der Waals surface area (Å²) < 4.78 is 5.91. The van der Waals surface area contributed by atoms with Crippen LogP contribution in [-0.2, 0) is 20.9 Å². The molecule has 0 radical (unpaired) electrons. The lowest BCUT2D eigenvalue weighted by Gasteiger charge is -2.25. The highest BCUT2D eigenvalue weighted by atomic mass is 35.5. The number of anilines is 2. The second-order valence-corrected chi connectivity index (χ2v) is 8.33. The van der Waals surface area contributed by atoms with E-state index in [1.165, 1.54) is 6.42 Å². The predicted molar refractivity (Wildman–Crippen MR) is 117 cm³/mol. The van der Waals surface area contributed by atoms with Gasteiger partial charge in [0.25, 0.3) is 5.91 Å².